The van der Waals surface area contributed by atoms with Gasteiger partial charge in [0, 0.05) is 37.1 Å². The largest absolute Gasteiger partial charge is 0.377 e. The summed E-state index contributed by atoms with van der Waals surface area (Å²) in [6.45, 7) is 0.962. The average molecular weight is 291 g/mol. The summed E-state index contributed by atoms with van der Waals surface area (Å²) >= 11 is 0. The van der Waals surface area contributed by atoms with E-state index in [4.69, 9.17) is 4.74 Å². The summed E-state index contributed by atoms with van der Waals surface area (Å²) in [5, 5.41) is 7.44. The third kappa shape index (κ3) is 2.18. The maximum atomic E-state index is 6.07. The van der Waals surface area contributed by atoms with Gasteiger partial charge in [0.1, 0.15) is 0 Å². The van der Waals surface area contributed by atoms with E-state index < -0.39 is 0 Å². The number of hydrogen-bond donors (Lipinski definition) is 2. The van der Waals surface area contributed by atoms with Crippen molar-refractivity contribution >= 4 is 5.96 Å². The monoisotopic (exact) mass is 291 g/mol. The lowest BCUT2D eigenvalue weighted by Gasteiger charge is -2.57. The van der Waals surface area contributed by atoms with Crippen molar-refractivity contribution in [2.75, 3.05) is 13.7 Å². The number of nitrogens with zero attached hydrogens (tertiary/aromatic N) is 1. The van der Waals surface area contributed by atoms with E-state index in [0.29, 0.717) is 29.5 Å². The molecule has 3 atom stereocenters. The number of aliphatic imine (C=N–C) groups is 1. The minimum Gasteiger partial charge on any atom is -0.377 e. The lowest BCUT2D eigenvalue weighted by atomic mass is 9.54. The van der Waals surface area contributed by atoms with E-state index >= 15 is 0 Å². The molecule has 2 N–H and O–H groups in total. The SMILES string of the molecule is CN=C(NC1CCCC1)NC1C2CCOC2C12CCCC2. The molecule has 1 aliphatic heterocycles. The van der Waals surface area contributed by atoms with E-state index in [0.717, 1.165) is 12.6 Å². The summed E-state index contributed by atoms with van der Waals surface area (Å²) in [7, 11) is 1.91. The second kappa shape index (κ2) is 5.45. The zero-order chi connectivity index (χ0) is 14.3. The van der Waals surface area contributed by atoms with Crippen LogP contribution in [0.1, 0.15) is 57.8 Å². The molecule has 0 aromatic carbocycles. The van der Waals surface area contributed by atoms with Gasteiger partial charge >= 0.3 is 0 Å². The zero-order valence-electron chi connectivity index (χ0n) is 13.2. The first kappa shape index (κ1) is 13.9. The van der Waals surface area contributed by atoms with Crippen LogP contribution in [-0.2, 0) is 4.74 Å². The second-order valence-electron chi connectivity index (χ2n) is 7.50. The van der Waals surface area contributed by atoms with Crippen LogP contribution in [0.5, 0.6) is 0 Å². The Morgan fingerprint density at radius 3 is 2.52 bits per heavy atom. The van der Waals surface area contributed by atoms with Gasteiger partial charge in [0.05, 0.1) is 6.10 Å². The third-order valence-corrected chi connectivity index (χ3v) is 6.50. The Balaban J connectivity index is 1.44. The van der Waals surface area contributed by atoms with Gasteiger partial charge in [-0.25, -0.2) is 0 Å². The predicted molar refractivity (Wildman–Crippen MR) is 84.4 cm³/mol. The molecule has 0 aromatic rings. The number of ether oxygens (including phenoxy) is 1. The topological polar surface area (TPSA) is 45.7 Å². The lowest BCUT2D eigenvalue weighted by molar-refractivity contribution is -0.125. The van der Waals surface area contributed by atoms with Gasteiger partial charge in [-0.3, -0.25) is 4.99 Å². The van der Waals surface area contributed by atoms with Crippen LogP contribution in [0.4, 0.5) is 0 Å². The molecule has 4 heteroatoms. The van der Waals surface area contributed by atoms with E-state index in [-0.39, 0.29) is 0 Å². The Morgan fingerprint density at radius 1 is 1.05 bits per heavy atom. The minimum atomic E-state index is 0.411. The van der Waals surface area contributed by atoms with Crippen LogP contribution >= 0.6 is 0 Å². The van der Waals surface area contributed by atoms with Crippen LogP contribution in [-0.4, -0.2) is 37.8 Å². The molecule has 0 bridgehead atoms. The van der Waals surface area contributed by atoms with Crippen molar-refractivity contribution in [3.63, 3.8) is 0 Å². The quantitative estimate of drug-likeness (QED) is 0.607. The minimum absolute atomic E-state index is 0.411. The molecule has 1 heterocycles. The number of fused-ring (bicyclic) bond motifs is 2. The van der Waals surface area contributed by atoms with E-state index in [2.05, 4.69) is 15.6 Å². The summed E-state index contributed by atoms with van der Waals surface area (Å²) in [4.78, 5) is 4.50. The first-order chi connectivity index (χ1) is 10.3. The fraction of sp³-hybridized carbons (Fsp3) is 0.941. The van der Waals surface area contributed by atoms with Crippen molar-refractivity contribution in [1.29, 1.82) is 0 Å². The van der Waals surface area contributed by atoms with Crippen molar-refractivity contribution in [2.24, 2.45) is 16.3 Å². The Hall–Kier alpha value is -0.770. The summed E-state index contributed by atoms with van der Waals surface area (Å²) in [6, 6.07) is 1.21. The van der Waals surface area contributed by atoms with E-state index in [9.17, 15) is 0 Å². The van der Waals surface area contributed by atoms with Gasteiger partial charge in [-0.05, 0) is 32.1 Å². The summed E-state index contributed by atoms with van der Waals surface area (Å²) < 4.78 is 6.07. The molecule has 3 aliphatic carbocycles. The third-order valence-electron chi connectivity index (χ3n) is 6.50. The Kier molecular flexibility index (Phi) is 3.60. The number of guanidine groups is 1. The molecule has 118 valence electrons. The lowest BCUT2D eigenvalue weighted by Crippen LogP contribution is -2.69. The Labute approximate surface area is 128 Å². The first-order valence-electron chi connectivity index (χ1n) is 8.95. The highest BCUT2D eigenvalue weighted by Crippen LogP contribution is 2.60. The van der Waals surface area contributed by atoms with Crippen molar-refractivity contribution in [1.82, 2.24) is 10.6 Å². The van der Waals surface area contributed by atoms with Gasteiger partial charge < -0.3 is 15.4 Å². The number of nitrogens with one attached hydrogen (secondary N) is 2. The van der Waals surface area contributed by atoms with Gasteiger partial charge in [0.2, 0.25) is 0 Å². The van der Waals surface area contributed by atoms with Gasteiger partial charge in [0.15, 0.2) is 5.96 Å². The number of rotatable bonds is 2. The Morgan fingerprint density at radius 2 is 1.81 bits per heavy atom. The van der Waals surface area contributed by atoms with Gasteiger partial charge in [-0.2, -0.15) is 0 Å². The average Bonchev–Trinajstić information content (AvgIpc) is 3.21. The first-order valence-corrected chi connectivity index (χ1v) is 8.95. The maximum Gasteiger partial charge on any atom is 0.191 e. The van der Waals surface area contributed by atoms with Crippen molar-refractivity contribution in [3.8, 4) is 0 Å². The molecule has 0 aromatic heterocycles. The Bertz CT molecular complexity index is 410. The van der Waals surface area contributed by atoms with Gasteiger partial charge in [0.25, 0.3) is 0 Å². The molecule has 0 radical (unpaired) electrons. The van der Waals surface area contributed by atoms with Crippen molar-refractivity contribution < 1.29 is 4.74 Å². The van der Waals surface area contributed by atoms with E-state index in [1.807, 2.05) is 7.05 Å². The van der Waals surface area contributed by atoms with E-state index in [1.165, 1.54) is 57.8 Å². The van der Waals surface area contributed by atoms with Crippen LogP contribution in [0.3, 0.4) is 0 Å². The fourth-order valence-corrected chi connectivity index (χ4v) is 5.49. The molecule has 3 unspecified atom stereocenters. The molecule has 0 amide bonds. The molecule has 3 saturated carbocycles. The highest BCUT2D eigenvalue weighted by Gasteiger charge is 2.65. The zero-order valence-corrected chi connectivity index (χ0v) is 13.2. The van der Waals surface area contributed by atoms with Crippen molar-refractivity contribution in [2.45, 2.75) is 76.0 Å². The van der Waals surface area contributed by atoms with Crippen LogP contribution in [0.2, 0.25) is 0 Å². The molecule has 1 spiro atoms. The molecular weight excluding hydrogens is 262 g/mol. The predicted octanol–water partition coefficient (Wildman–Crippen LogP) is 2.44. The van der Waals surface area contributed by atoms with Crippen molar-refractivity contribution in [3.05, 3.63) is 0 Å². The maximum absolute atomic E-state index is 6.07. The molecule has 4 fully saturated rings. The van der Waals surface area contributed by atoms with Crippen LogP contribution in [0, 0.1) is 11.3 Å². The molecule has 1 saturated heterocycles. The molecule has 4 rings (SSSR count). The molecule has 4 nitrogen and oxygen atoms in total. The van der Waals surface area contributed by atoms with Crippen LogP contribution in [0.15, 0.2) is 4.99 Å². The fourth-order valence-electron chi connectivity index (χ4n) is 5.49. The number of hydrogen-bond acceptors (Lipinski definition) is 2. The summed E-state index contributed by atoms with van der Waals surface area (Å²) in [5.41, 5.74) is 0.411. The standard InChI is InChI=1S/C17H29N3O/c1-18-16(19-12-6-2-3-7-12)20-14-13-8-11-21-15(13)17(14)9-4-5-10-17/h12-15H,2-11H2,1H3,(H2,18,19,20). The van der Waals surface area contributed by atoms with Crippen LogP contribution in [0.25, 0.3) is 0 Å². The van der Waals surface area contributed by atoms with E-state index in [1.54, 1.807) is 0 Å². The van der Waals surface area contributed by atoms with Crippen LogP contribution < -0.4 is 10.6 Å². The summed E-state index contributed by atoms with van der Waals surface area (Å²) in [6.07, 6.45) is 12.5. The highest BCUT2D eigenvalue weighted by molar-refractivity contribution is 5.80. The highest BCUT2D eigenvalue weighted by atomic mass is 16.5. The normalized spacial score (nSPS) is 38.5. The second-order valence-corrected chi connectivity index (χ2v) is 7.50. The van der Waals surface area contributed by atoms with Gasteiger partial charge in [-0.1, -0.05) is 25.7 Å². The van der Waals surface area contributed by atoms with Gasteiger partial charge in [-0.15, -0.1) is 0 Å². The molecular formula is C17H29N3O. The molecule has 21 heavy (non-hydrogen) atoms. The smallest absolute Gasteiger partial charge is 0.191 e. The molecule has 4 aliphatic rings. The summed E-state index contributed by atoms with van der Waals surface area (Å²) in [5.74, 6) is 1.74.